The molecular weight excluding hydrogens is 428 g/mol. The number of fused-ring (bicyclic) bond motifs is 1. The lowest BCUT2D eigenvalue weighted by atomic mass is 9.83. The number of aryl methyl sites for hydroxylation is 1. The fourth-order valence-corrected chi connectivity index (χ4v) is 4.49. The molecule has 0 saturated heterocycles. The van der Waals surface area contributed by atoms with Crippen molar-refractivity contribution in [3.63, 3.8) is 0 Å². The monoisotopic (exact) mass is 456 g/mol. The Kier molecular flexibility index (Phi) is 6.90. The molecule has 0 atom stereocenters. The summed E-state index contributed by atoms with van der Waals surface area (Å²) in [4.78, 5) is 9.04. The van der Waals surface area contributed by atoms with E-state index in [0.717, 1.165) is 47.7 Å². The van der Waals surface area contributed by atoms with E-state index in [1.807, 2.05) is 23.0 Å². The van der Waals surface area contributed by atoms with Crippen LogP contribution in [0, 0.1) is 5.92 Å². The maximum atomic E-state index is 6.05. The summed E-state index contributed by atoms with van der Waals surface area (Å²) < 4.78 is 2.91. The van der Waals surface area contributed by atoms with E-state index in [1.54, 1.807) is 6.20 Å². The second-order valence-corrected chi connectivity index (χ2v) is 8.93. The standard InChI is InChI=1S/C22H29BrN6/c23-21-15-27-29-20(9-11-26-14-17-2-1-10-25-13-17)12-19(28-22(21)29)8-5-16-3-6-18(24)7-4-16/h1-2,10,12-13,15-16,18,26H,3-9,11,14,24H2. The van der Waals surface area contributed by atoms with Gasteiger partial charge in [0.05, 0.1) is 10.7 Å². The van der Waals surface area contributed by atoms with Crippen molar-refractivity contribution in [2.45, 2.75) is 57.5 Å². The molecule has 0 aromatic carbocycles. The Balaban J connectivity index is 1.39. The number of rotatable bonds is 8. The summed E-state index contributed by atoms with van der Waals surface area (Å²) in [5.41, 5.74) is 10.5. The Bertz CT molecular complexity index is 918. The topological polar surface area (TPSA) is 81.1 Å². The summed E-state index contributed by atoms with van der Waals surface area (Å²) in [6.07, 6.45) is 13.5. The van der Waals surface area contributed by atoms with Gasteiger partial charge in [0, 0.05) is 49.3 Å². The van der Waals surface area contributed by atoms with Crippen LogP contribution in [-0.4, -0.2) is 32.2 Å². The summed E-state index contributed by atoms with van der Waals surface area (Å²) in [5, 5.41) is 8.01. The van der Waals surface area contributed by atoms with Crippen LogP contribution in [0.4, 0.5) is 0 Å². The molecule has 3 aromatic heterocycles. The highest BCUT2D eigenvalue weighted by Crippen LogP contribution is 2.27. The summed E-state index contributed by atoms with van der Waals surface area (Å²) in [6, 6.07) is 6.70. The summed E-state index contributed by atoms with van der Waals surface area (Å²) in [7, 11) is 0. The van der Waals surface area contributed by atoms with Crippen molar-refractivity contribution in [1.82, 2.24) is 24.9 Å². The molecule has 0 bridgehead atoms. The molecular formula is C22H29BrN6. The Morgan fingerprint density at radius 3 is 2.83 bits per heavy atom. The van der Waals surface area contributed by atoms with E-state index in [4.69, 9.17) is 10.7 Å². The van der Waals surface area contributed by atoms with Crippen molar-refractivity contribution < 1.29 is 0 Å². The second-order valence-electron chi connectivity index (χ2n) is 8.07. The third-order valence-corrected chi connectivity index (χ3v) is 6.42. The van der Waals surface area contributed by atoms with Gasteiger partial charge in [-0.3, -0.25) is 4.98 Å². The lowest BCUT2D eigenvalue weighted by Gasteiger charge is -2.25. The third kappa shape index (κ3) is 5.41. The third-order valence-electron chi connectivity index (χ3n) is 5.87. The van der Waals surface area contributed by atoms with E-state index in [0.29, 0.717) is 6.04 Å². The summed E-state index contributed by atoms with van der Waals surface area (Å²) in [6.45, 7) is 1.70. The minimum Gasteiger partial charge on any atom is -0.328 e. The molecule has 154 valence electrons. The van der Waals surface area contributed by atoms with Crippen LogP contribution in [0.3, 0.4) is 0 Å². The number of hydrogen-bond acceptors (Lipinski definition) is 5. The maximum absolute atomic E-state index is 6.05. The molecule has 3 N–H and O–H groups in total. The molecule has 29 heavy (non-hydrogen) atoms. The lowest BCUT2D eigenvalue weighted by Crippen LogP contribution is -2.26. The molecule has 3 heterocycles. The number of halogens is 1. The molecule has 1 saturated carbocycles. The van der Waals surface area contributed by atoms with Gasteiger partial charge in [-0.2, -0.15) is 5.10 Å². The number of aromatic nitrogens is 4. The first-order valence-electron chi connectivity index (χ1n) is 10.6. The van der Waals surface area contributed by atoms with E-state index in [9.17, 15) is 0 Å². The SMILES string of the molecule is NC1CCC(CCc2cc(CCNCc3cccnc3)n3ncc(Br)c3n2)CC1. The fourth-order valence-electron chi connectivity index (χ4n) is 4.14. The first kappa shape index (κ1) is 20.4. The molecule has 1 aliphatic carbocycles. The molecule has 1 fully saturated rings. The molecule has 0 unspecified atom stereocenters. The Morgan fingerprint density at radius 2 is 2.03 bits per heavy atom. The van der Waals surface area contributed by atoms with E-state index in [2.05, 4.69) is 43.5 Å². The maximum Gasteiger partial charge on any atom is 0.169 e. The highest BCUT2D eigenvalue weighted by molar-refractivity contribution is 9.10. The zero-order valence-corrected chi connectivity index (χ0v) is 18.3. The van der Waals surface area contributed by atoms with Gasteiger partial charge in [0.1, 0.15) is 0 Å². The molecule has 3 aromatic rings. The largest absolute Gasteiger partial charge is 0.328 e. The second kappa shape index (κ2) is 9.78. The van der Waals surface area contributed by atoms with E-state index >= 15 is 0 Å². The number of hydrogen-bond donors (Lipinski definition) is 2. The van der Waals surface area contributed by atoms with Gasteiger partial charge >= 0.3 is 0 Å². The fraction of sp³-hybridized carbons (Fsp3) is 0.500. The van der Waals surface area contributed by atoms with Gasteiger partial charge in [0.2, 0.25) is 0 Å². The minimum atomic E-state index is 0.411. The molecule has 0 amide bonds. The highest BCUT2D eigenvalue weighted by Gasteiger charge is 2.19. The van der Waals surface area contributed by atoms with Crippen LogP contribution in [0.15, 0.2) is 41.3 Å². The van der Waals surface area contributed by atoms with Crippen molar-refractivity contribution in [3.8, 4) is 0 Å². The Labute approximate surface area is 180 Å². The van der Waals surface area contributed by atoms with Gasteiger partial charge in [0.25, 0.3) is 0 Å². The van der Waals surface area contributed by atoms with Crippen LogP contribution in [0.2, 0.25) is 0 Å². The molecule has 1 aliphatic rings. The average Bonchev–Trinajstić information content (AvgIpc) is 3.12. The molecule has 6 nitrogen and oxygen atoms in total. The van der Waals surface area contributed by atoms with Crippen molar-refractivity contribution in [2.24, 2.45) is 11.7 Å². The van der Waals surface area contributed by atoms with Gasteiger partial charge in [0.15, 0.2) is 5.65 Å². The molecule has 0 spiro atoms. The van der Waals surface area contributed by atoms with Gasteiger partial charge < -0.3 is 11.1 Å². The lowest BCUT2D eigenvalue weighted by molar-refractivity contribution is 0.310. The number of nitrogens with one attached hydrogen (secondary N) is 1. The van der Waals surface area contributed by atoms with Crippen LogP contribution >= 0.6 is 15.9 Å². The van der Waals surface area contributed by atoms with Gasteiger partial charge in [-0.1, -0.05) is 6.07 Å². The predicted molar refractivity (Wildman–Crippen MR) is 119 cm³/mol. The van der Waals surface area contributed by atoms with E-state index in [-0.39, 0.29) is 0 Å². The van der Waals surface area contributed by atoms with Crippen LogP contribution in [0.5, 0.6) is 0 Å². The normalized spacial score (nSPS) is 19.7. The average molecular weight is 457 g/mol. The van der Waals surface area contributed by atoms with Crippen molar-refractivity contribution >= 4 is 21.6 Å². The van der Waals surface area contributed by atoms with Gasteiger partial charge in [-0.15, -0.1) is 0 Å². The van der Waals surface area contributed by atoms with Crippen LogP contribution in [0.1, 0.15) is 49.1 Å². The van der Waals surface area contributed by atoms with Crippen LogP contribution in [0.25, 0.3) is 5.65 Å². The highest BCUT2D eigenvalue weighted by atomic mass is 79.9. The Morgan fingerprint density at radius 1 is 1.17 bits per heavy atom. The van der Waals surface area contributed by atoms with Crippen molar-refractivity contribution in [2.75, 3.05) is 6.54 Å². The van der Waals surface area contributed by atoms with Gasteiger partial charge in [-0.25, -0.2) is 9.50 Å². The van der Waals surface area contributed by atoms with Crippen LogP contribution in [-0.2, 0) is 19.4 Å². The zero-order chi connectivity index (χ0) is 20.1. The molecule has 0 radical (unpaired) electrons. The Hall–Kier alpha value is -1.83. The minimum absolute atomic E-state index is 0.411. The smallest absolute Gasteiger partial charge is 0.169 e. The number of nitrogens with zero attached hydrogens (tertiary/aromatic N) is 4. The quantitative estimate of drug-likeness (QED) is 0.505. The zero-order valence-electron chi connectivity index (χ0n) is 16.7. The van der Waals surface area contributed by atoms with Crippen LogP contribution < -0.4 is 11.1 Å². The first-order valence-corrected chi connectivity index (χ1v) is 11.4. The number of nitrogens with two attached hydrogens (primary N) is 1. The molecule has 4 rings (SSSR count). The summed E-state index contributed by atoms with van der Waals surface area (Å²) in [5.74, 6) is 0.783. The van der Waals surface area contributed by atoms with E-state index in [1.165, 1.54) is 43.4 Å². The number of pyridine rings is 1. The van der Waals surface area contributed by atoms with Gasteiger partial charge in [-0.05, 0) is 78.1 Å². The predicted octanol–water partition coefficient (Wildman–Crippen LogP) is 3.67. The van der Waals surface area contributed by atoms with E-state index < -0.39 is 0 Å². The molecule has 0 aliphatic heterocycles. The first-order chi connectivity index (χ1) is 14.2. The van der Waals surface area contributed by atoms with Crippen molar-refractivity contribution in [1.29, 1.82) is 0 Å². The molecule has 7 heteroatoms. The van der Waals surface area contributed by atoms with Crippen molar-refractivity contribution in [3.05, 3.63) is 58.2 Å². The summed E-state index contributed by atoms with van der Waals surface area (Å²) >= 11 is 3.60.